The molecule has 0 atom stereocenters. The molecule has 0 fully saturated rings. The molecule has 116 valence electrons. The molecule has 21 heavy (non-hydrogen) atoms. The topological polar surface area (TPSA) is 74.0 Å². The molecule has 0 aliphatic carbocycles. The molecule has 6 heteroatoms. The van der Waals surface area contributed by atoms with Crippen molar-refractivity contribution in [1.82, 2.24) is 14.7 Å². The summed E-state index contributed by atoms with van der Waals surface area (Å²) in [4.78, 5) is 14.1. The Balaban J connectivity index is 2.94. The van der Waals surface area contributed by atoms with Gasteiger partial charge in [0, 0.05) is 18.6 Å². The van der Waals surface area contributed by atoms with Crippen LogP contribution in [0.2, 0.25) is 0 Å². The van der Waals surface area contributed by atoms with Gasteiger partial charge in [-0.1, -0.05) is 0 Å². The Bertz CT molecular complexity index is 539. The zero-order valence-corrected chi connectivity index (χ0v) is 13.8. The molecule has 1 aromatic rings. The number of nitrogens with zero attached hydrogens (tertiary/aromatic N) is 4. The van der Waals surface area contributed by atoms with Gasteiger partial charge in [-0.2, -0.15) is 10.4 Å². The fraction of sp³-hybridized carbons (Fsp3) is 0.667. The number of anilines is 1. The Hall–Kier alpha value is -2.03. The van der Waals surface area contributed by atoms with Crippen LogP contribution in [0.25, 0.3) is 0 Å². The number of hydrogen-bond acceptors (Lipinski definition) is 3. The first-order chi connectivity index (χ1) is 9.79. The van der Waals surface area contributed by atoms with E-state index >= 15 is 0 Å². The fourth-order valence-corrected chi connectivity index (χ4v) is 2.29. The first-order valence-corrected chi connectivity index (χ1v) is 7.29. The van der Waals surface area contributed by atoms with Crippen LogP contribution in [0.1, 0.15) is 51.5 Å². The molecule has 2 amide bonds. The predicted molar refractivity (Wildman–Crippen MR) is 83.2 cm³/mol. The van der Waals surface area contributed by atoms with Gasteiger partial charge in [0.2, 0.25) is 0 Å². The molecule has 0 aliphatic heterocycles. The van der Waals surface area contributed by atoms with E-state index in [-0.39, 0.29) is 18.1 Å². The number of aryl methyl sites for hydroxylation is 1. The first kappa shape index (κ1) is 17.0. The molecule has 0 radical (unpaired) electrons. The summed E-state index contributed by atoms with van der Waals surface area (Å²) in [5, 5.41) is 16.1. The van der Waals surface area contributed by atoms with Gasteiger partial charge in [-0.3, -0.25) is 4.68 Å². The second-order valence-corrected chi connectivity index (χ2v) is 5.71. The summed E-state index contributed by atoms with van der Waals surface area (Å²) in [6, 6.07) is 2.18. The van der Waals surface area contributed by atoms with E-state index in [0.717, 1.165) is 17.1 Å². The second-order valence-electron chi connectivity index (χ2n) is 5.71. The van der Waals surface area contributed by atoms with Crippen molar-refractivity contribution in [3.8, 4) is 6.07 Å². The number of carbonyl (C=O) groups excluding carboxylic acids is 1. The van der Waals surface area contributed by atoms with E-state index in [1.807, 2.05) is 32.4 Å². The normalized spacial score (nSPS) is 10.8. The quantitative estimate of drug-likeness (QED) is 0.905. The summed E-state index contributed by atoms with van der Waals surface area (Å²) in [5.41, 5.74) is 2.51. The van der Waals surface area contributed by atoms with Gasteiger partial charge in [-0.25, -0.2) is 4.79 Å². The molecular weight excluding hydrogens is 266 g/mol. The van der Waals surface area contributed by atoms with Crippen molar-refractivity contribution in [3.63, 3.8) is 0 Å². The lowest BCUT2D eigenvalue weighted by atomic mass is 10.3. The molecule has 0 saturated carbocycles. The maximum absolute atomic E-state index is 12.4. The van der Waals surface area contributed by atoms with Crippen LogP contribution in [0, 0.1) is 25.2 Å². The number of aromatic nitrogens is 2. The third-order valence-corrected chi connectivity index (χ3v) is 3.39. The van der Waals surface area contributed by atoms with Gasteiger partial charge in [-0.15, -0.1) is 0 Å². The van der Waals surface area contributed by atoms with Crippen molar-refractivity contribution in [2.45, 2.75) is 60.0 Å². The molecule has 0 spiro atoms. The number of amides is 2. The van der Waals surface area contributed by atoms with E-state index < -0.39 is 0 Å². The summed E-state index contributed by atoms with van der Waals surface area (Å²) >= 11 is 0. The van der Waals surface area contributed by atoms with Crippen molar-refractivity contribution in [1.29, 1.82) is 5.26 Å². The summed E-state index contributed by atoms with van der Waals surface area (Å²) in [6.45, 7) is 12.2. The average Bonchev–Trinajstić information content (AvgIpc) is 2.67. The monoisotopic (exact) mass is 291 g/mol. The molecular formula is C15H25N5O. The Labute approximate surface area is 126 Å². The predicted octanol–water partition coefficient (Wildman–Crippen LogP) is 3.24. The van der Waals surface area contributed by atoms with E-state index in [2.05, 4.69) is 30.3 Å². The zero-order valence-electron chi connectivity index (χ0n) is 13.8. The van der Waals surface area contributed by atoms with Gasteiger partial charge >= 0.3 is 6.03 Å². The smallest absolute Gasteiger partial charge is 0.321 e. The van der Waals surface area contributed by atoms with Gasteiger partial charge in [0.15, 0.2) is 0 Å². The number of rotatable bonds is 5. The highest BCUT2D eigenvalue weighted by molar-refractivity contribution is 5.90. The summed E-state index contributed by atoms with van der Waals surface area (Å²) in [6.07, 6.45) is 0.328. The van der Waals surface area contributed by atoms with Gasteiger partial charge in [-0.05, 0) is 41.5 Å². The highest BCUT2D eigenvalue weighted by atomic mass is 16.2. The second kappa shape index (κ2) is 7.11. The zero-order chi connectivity index (χ0) is 16.2. The molecule has 0 bridgehead atoms. The lowest BCUT2D eigenvalue weighted by Gasteiger charge is -2.26. The van der Waals surface area contributed by atoms with E-state index in [0.29, 0.717) is 13.0 Å². The van der Waals surface area contributed by atoms with Crippen molar-refractivity contribution in [2.75, 3.05) is 11.9 Å². The van der Waals surface area contributed by atoms with Crippen LogP contribution in [-0.2, 0) is 0 Å². The van der Waals surface area contributed by atoms with Crippen molar-refractivity contribution in [3.05, 3.63) is 11.4 Å². The lowest BCUT2D eigenvalue weighted by molar-refractivity contribution is 0.198. The molecule has 1 rings (SSSR count). The highest BCUT2D eigenvalue weighted by Crippen LogP contribution is 2.23. The molecule has 1 aromatic heterocycles. The summed E-state index contributed by atoms with van der Waals surface area (Å²) < 4.78 is 1.90. The number of hydrogen-bond donors (Lipinski definition) is 1. The van der Waals surface area contributed by atoms with Crippen molar-refractivity contribution < 1.29 is 4.79 Å². The van der Waals surface area contributed by atoms with Crippen LogP contribution in [0.4, 0.5) is 10.5 Å². The van der Waals surface area contributed by atoms with E-state index in [9.17, 15) is 4.79 Å². The van der Waals surface area contributed by atoms with Crippen LogP contribution in [0.5, 0.6) is 0 Å². The minimum Gasteiger partial charge on any atom is -0.321 e. The number of nitriles is 1. The molecule has 0 unspecified atom stereocenters. The van der Waals surface area contributed by atoms with Crippen molar-refractivity contribution in [2.24, 2.45) is 0 Å². The van der Waals surface area contributed by atoms with Crippen LogP contribution >= 0.6 is 0 Å². The van der Waals surface area contributed by atoms with Gasteiger partial charge in [0.1, 0.15) is 0 Å². The molecule has 1 heterocycles. The van der Waals surface area contributed by atoms with Gasteiger partial charge in [0.25, 0.3) is 0 Å². The Morgan fingerprint density at radius 2 is 2.00 bits per heavy atom. The standard InChI is InChI=1S/C15H25N5O/c1-10(2)19(9-7-8-16)15(21)17-14-12(5)18-20(11(3)4)13(14)6/h10-11H,7,9H2,1-6H3,(H,17,21). The third-order valence-electron chi connectivity index (χ3n) is 3.39. The van der Waals surface area contributed by atoms with Gasteiger partial charge < -0.3 is 10.2 Å². The van der Waals surface area contributed by atoms with E-state index in [1.54, 1.807) is 4.90 Å². The largest absolute Gasteiger partial charge is 0.322 e. The number of nitrogens with one attached hydrogen (secondary N) is 1. The Kier molecular flexibility index (Phi) is 5.77. The molecule has 1 N–H and O–H groups in total. The molecule has 0 aliphatic rings. The van der Waals surface area contributed by atoms with E-state index in [4.69, 9.17) is 5.26 Å². The number of urea groups is 1. The van der Waals surface area contributed by atoms with Crippen LogP contribution in [0.3, 0.4) is 0 Å². The van der Waals surface area contributed by atoms with Crippen LogP contribution in [0.15, 0.2) is 0 Å². The molecule has 0 aromatic carbocycles. The SMILES string of the molecule is Cc1nn(C(C)C)c(C)c1NC(=O)N(CCC#N)C(C)C. The lowest BCUT2D eigenvalue weighted by Crippen LogP contribution is -2.40. The molecule has 0 saturated heterocycles. The summed E-state index contributed by atoms with van der Waals surface area (Å²) in [5.74, 6) is 0. The van der Waals surface area contributed by atoms with E-state index in [1.165, 1.54) is 0 Å². The average molecular weight is 291 g/mol. The fourth-order valence-electron chi connectivity index (χ4n) is 2.29. The summed E-state index contributed by atoms with van der Waals surface area (Å²) in [7, 11) is 0. The Morgan fingerprint density at radius 1 is 1.38 bits per heavy atom. The van der Waals surface area contributed by atoms with Gasteiger partial charge in [0.05, 0.1) is 29.6 Å². The third kappa shape index (κ3) is 3.97. The Morgan fingerprint density at radius 3 is 2.43 bits per heavy atom. The number of carbonyl (C=O) groups is 1. The van der Waals surface area contributed by atoms with Crippen LogP contribution in [-0.4, -0.2) is 33.3 Å². The molecule has 6 nitrogen and oxygen atoms in total. The first-order valence-electron chi connectivity index (χ1n) is 7.29. The van der Waals surface area contributed by atoms with Crippen molar-refractivity contribution >= 4 is 11.7 Å². The minimum atomic E-state index is -0.185. The minimum absolute atomic E-state index is 0.0408. The van der Waals surface area contributed by atoms with Crippen LogP contribution < -0.4 is 5.32 Å². The maximum atomic E-state index is 12.4. The highest BCUT2D eigenvalue weighted by Gasteiger charge is 2.20. The maximum Gasteiger partial charge on any atom is 0.322 e.